The number of rotatable bonds is 2. The maximum atomic E-state index is 12.4. The second-order valence-electron chi connectivity index (χ2n) is 10.5. The van der Waals surface area contributed by atoms with E-state index in [1.54, 1.807) is 4.90 Å². The third-order valence-corrected chi connectivity index (χ3v) is 5.79. The Labute approximate surface area is 190 Å². The molecule has 6 nitrogen and oxygen atoms in total. The molecule has 2 heterocycles. The summed E-state index contributed by atoms with van der Waals surface area (Å²) in [5, 5.41) is 0. The number of nitrogens with one attached hydrogen (secondary N) is 1. The quantitative estimate of drug-likeness (QED) is 0.572. The average molecular weight is 435 g/mol. The summed E-state index contributed by atoms with van der Waals surface area (Å²) in [5.74, 6) is 0.875. The number of fused-ring (bicyclic) bond motifs is 1. The first-order valence-electron chi connectivity index (χ1n) is 11.3. The number of hydrogen-bond acceptors (Lipinski definition) is 4. The molecule has 0 unspecified atom stereocenters. The fourth-order valence-corrected chi connectivity index (χ4v) is 3.99. The van der Waals surface area contributed by atoms with Crippen LogP contribution in [0.25, 0.3) is 22.4 Å². The van der Waals surface area contributed by atoms with E-state index < -0.39 is 5.60 Å². The Morgan fingerprint density at radius 2 is 1.59 bits per heavy atom. The van der Waals surface area contributed by atoms with Gasteiger partial charge in [0.2, 0.25) is 0 Å². The van der Waals surface area contributed by atoms with Crippen molar-refractivity contribution >= 4 is 22.8 Å². The van der Waals surface area contributed by atoms with Gasteiger partial charge in [-0.2, -0.15) is 0 Å². The Hall–Kier alpha value is -3.02. The topological polar surface area (TPSA) is 61.5 Å². The third kappa shape index (κ3) is 4.74. The molecule has 1 amide bonds. The minimum absolute atomic E-state index is 0.126. The molecule has 0 atom stereocenters. The molecule has 0 radical (unpaired) electrons. The lowest BCUT2D eigenvalue weighted by atomic mass is 9.87. The first-order chi connectivity index (χ1) is 15.0. The van der Waals surface area contributed by atoms with Crippen molar-refractivity contribution in [2.45, 2.75) is 52.6 Å². The highest BCUT2D eigenvalue weighted by molar-refractivity contribution is 5.91. The van der Waals surface area contributed by atoms with Crippen molar-refractivity contribution in [1.82, 2.24) is 14.9 Å². The molecule has 1 aromatic heterocycles. The molecule has 1 aliphatic heterocycles. The average Bonchev–Trinajstić information content (AvgIpc) is 3.16. The Morgan fingerprint density at radius 3 is 2.19 bits per heavy atom. The molecule has 4 rings (SSSR count). The van der Waals surface area contributed by atoms with Gasteiger partial charge >= 0.3 is 6.09 Å². The lowest BCUT2D eigenvalue weighted by Crippen LogP contribution is -2.50. The van der Waals surface area contributed by atoms with Crippen LogP contribution in [0.4, 0.5) is 10.5 Å². The molecule has 1 fully saturated rings. The molecule has 0 bridgehead atoms. The van der Waals surface area contributed by atoms with Gasteiger partial charge in [0.1, 0.15) is 16.9 Å². The predicted octanol–water partition coefficient (Wildman–Crippen LogP) is 5.58. The van der Waals surface area contributed by atoms with E-state index in [0.717, 1.165) is 41.2 Å². The number of para-hydroxylation sites is 1. The van der Waals surface area contributed by atoms with Gasteiger partial charge in [-0.1, -0.05) is 51.1 Å². The highest BCUT2D eigenvalue weighted by Gasteiger charge is 2.27. The molecule has 3 aromatic rings. The summed E-state index contributed by atoms with van der Waals surface area (Å²) in [7, 11) is 0. The Morgan fingerprint density at radius 1 is 0.938 bits per heavy atom. The molecule has 1 saturated heterocycles. The zero-order valence-corrected chi connectivity index (χ0v) is 20.0. The van der Waals surface area contributed by atoms with E-state index in [1.807, 2.05) is 20.8 Å². The number of carbonyl (C=O) groups is 1. The third-order valence-electron chi connectivity index (χ3n) is 5.79. The minimum atomic E-state index is -0.476. The fraction of sp³-hybridized carbons (Fsp3) is 0.462. The van der Waals surface area contributed by atoms with Crippen LogP contribution in [0.5, 0.6) is 0 Å². The normalized spacial score (nSPS) is 15.3. The van der Waals surface area contributed by atoms with Gasteiger partial charge in [-0.25, -0.2) is 9.78 Å². The van der Waals surface area contributed by atoms with E-state index in [0.29, 0.717) is 13.1 Å². The lowest BCUT2D eigenvalue weighted by Gasteiger charge is -2.36. The number of aromatic amines is 1. The van der Waals surface area contributed by atoms with Crippen molar-refractivity contribution < 1.29 is 9.53 Å². The van der Waals surface area contributed by atoms with Crippen LogP contribution in [0.1, 0.15) is 47.1 Å². The van der Waals surface area contributed by atoms with E-state index in [2.05, 4.69) is 73.1 Å². The van der Waals surface area contributed by atoms with Crippen molar-refractivity contribution in [3.05, 3.63) is 48.0 Å². The number of anilines is 1. The zero-order chi connectivity index (χ0) is 23.1. The van der Waals surface area contributed by atoms with Crippen molar-refractivity contribution in [2.24, 2.45) is 0 Å². The largest absolute Gasteiger partial charge is 0.444 e. The summed E-state index contributed by atoms with van der Waals surface area (Å²) >= 11 is 0. The predicted molar refractivity (Wildman–Crippen MR) is 130 cm³/mol. The maximum absolute atomic E-state index is 12.4. The van der Waals surface area contributed by atoms with Crippen LogP contribution in [0, 0.1) is 0 Å². The van der Waals surface area contributed by atoms with Gasteiger partial charge in [0.05, 0.1) is 11.2 Å². The van der Waals surface area contributed by atoms with Crippen LogP contribution in [-0.2, 0) is 10.2 Å². The molecule has 6 heteroatoms. The number of piperazine rings is 1. The standard InChI is InChI=1S/C26H34N4O2/c1-25(2,3)19-12-10-18(11-13-19)23-27-20-8-7-9-21(22(20)28-23)29-14-16-30(17-15-29)24(31)32-26(4,5)6/h7-13H,14-17H2,1-6H3,(H,27,28). The van der Waals surface area contributed by atoms with E-state index in [-0.39, 0.29) is 11.5 Å². The maximum Gasteiger partial charge on any atom is 0.410 e. The fourth-order valence-electron chi connectivity index (χ4n) is 3.99. The number of benzene rings is 2. The Bertz CT molecular complexity index is 1100. The van der Waals surface area contributed by atoms with E-state index in [4.69, 9.17) is 9.72 Å². The van der Waals surface area contributed by atoms with Crippen LogP contribution in [0.2, 0.25) is 0 Å². The molecule has 0 spiro atoms. The minimum Gasteiger partial charge on any atom is -0.444 e. The molecule has 32 heavy (non-hydrogen) atoms. The van der Waals surface area contributed by atoms with Gasteiger partial charge in [-0.15, -0.1) is 0 Å². The molecule has 0 aliphatic carbocycles. The summed E-state index contributed by atoms with van der Waals surface area (Å²) in [6, 6.07) is 14.9. The SMILES string of the molecule is CC(C)(C)OC(=O)N1CCN(c2cccc3[nH]c(-c4ccc(C(C)(C)C)cc4)nc23)CC1. The summed E-state index contributed by atoms with van der Waals surface area (Å²) < 4.78 is 5.52. The molecular formula is C26H34N4O2. The smallest absolute Gasteiger partial charge is 0.410 e. The van der Waals surface area contributed by atoms with Gasteiger partial charge in [0, 0.05) is 31.7 Å². The second-order valence-corrected chi connectivity index (χ2v) is 10.5. The van der Waals surface area contributed by atoms with E-state index in [1.165, 1.54) is 5.56 Å². The summed E-state index contributed by atoms with van der Waals surface area (Å²) in [6.07, 6.45) is -0.240. The zero-order valence-electron chi connectivity index (χ0n) is 20.0. The molecular weight excluding hydrogens is 400 g/mol. The van der Waals surface area contributed by atoms with Gasteiger partial charge in [-0.05, 0) is 43.9 Å². The molecule has 0 saturated carbocycles. The number of H-pyrrole nitrogens is 1. The summed E-state index contributed by atoms with van der Waals surface area (Å²) in [4.78, 5) is 24.9. The first kappa shape index (κ1) is 22.2. The van der Waals surface area contributed by atoms with Crippen molar-refractivity contribution in [3.8, 4) is 11.4 Å². The number of carbonyl (C=O) groups excluding carboxylic acids is 1. The lowest BCUT2D eigenvalue weighted by molar-refractivity contribution is 0.0240. The van der Waals surface area contributed by atoms with Crippen LogP contribution in [-0.4, -0.2) is 52.7 Å². The highest BCUT2D eigenvalue weighted by atomic mass is 16.6. The Balaban J connectivity index is 1.53. The molecule has 1 N–H and O–H groups in total. The number of nitrogens with zero attached hydrogens (tertiary/aromatic N) is 3. The van der Waals surface area contributed by atoms with Crippen LogP contribution >= 0.6 is 0 Å². The van der Waals surface area contributed by atoms with E-state index in [9.17, 15) is 4.79 Å². The number of amides is 1. The summed E-state index contributed by atoms with van der Waals surface area (Å²) in [6.45, 7) is 15.1. The monoisotopic (exact) mass is 434 g/mol. The summed E-state index contributed by atoms with van der Waals surface area (Å²) in [5.41, 5.74) is 5.12. The van der Waals surface area contributed by atoms with Gasteiger partial charge in [0.15, 0.2) is 0 Å². The van der Waals surface area contributed by atoms with E-state index >= 15 is 0 Å². The Kier molecular flexibility index (Phi) is 5.65. The second kappa shape index (κ2) is 8.15. The number of aromatic nitrogens is 2. The van der Waals surface area contributed by atoms with Crippen LogP contribution in [0.3, 0.4) is 0 Å². The van der Waals surface area contributed by atoms with Gasteiger partial charge < -0.3 is 19.5 Å². The van der Waals surface area contributed by atoms with Crippen LogP contribution < -0.4 is 4.90 Å². The number of hydrogen-bond donors (Lipinski definition) is 1. The van der Waals surface area contributed by atoms with Gasteiger partial charge in [0.25, 0.3) is 0 Å². The van der Waals surface area contributed by atoms with Crippen molar-refractivity contribution in [2.75, 3.05) is 31.1 Å². The number of imidazole rings is 1. The molecule has 1 aliphatic rings. The van der Waals surface area contributed by atoms with Gasteiger partial charge in [-0.3, -0.25) is 0 Å². The van der Waals surface area contributed by atoms with Crippen molar-refractivity contribution in [1.29, 1.82) is 0 Å². The van der Waals surface area contributed by atoms with Crippen molar-refractivity contribution in [3.63, 3.8) is 0 Å². The molecule has 170 valence electrons. The number of ether oxygens (including phenoxy) is 1. The molecule has 2 aromatic carbocycles. The first-order valence-corrected chi connectivity index (χ1v) is 11.3. The highest BCUT2D eigenvalue weighted by Crippen LogP contribution is 2.30. The van der Waals surface area contributed by atoms with Crippen LogP contribution in [0.15, 0.2) is 42.5 Å².